The van der Waals surface area contributed by atoms with Crippen LogP contribution in [0.25, 0.3) is 0 Å². The molecule has 0 saturated carbocycles. The number of hydrogen-bond acceptors (Lipinski definition) is 2. The fourth-order valence-corrected chi connectivity index (χ4v) is 2.70. The number of aromatic nitrogens is 2. The highest BCUT2D eigenvalue weighted by Gasteiger charge is 2.13. The average Bonchev–Trinajstić information content (AvgIpc) is 3.00. The number of rotatable bonds is 3. The number of nitrogens with zero attached hydrogens (tertiary/aromatic N) is 1. The molecule has 104 valence electrons. The van der Waals surface area contributed by atoms with Gasteiger partial charge in [-0.1, -0.05) is 18.2 Å². The predicted octanol–water partition coefficient (Wildman–Crippen LogP) is 2.70. The molecule has 4 nitrogen and oxygen atoms in total. The Morgan fingerprint density at radius 3 is 2.85 bits per heavy atom. The van der Waals surface area contributed by atoms with Gasteiger partial charge in [-0.15, -0.1) is 0 Å². The van der Waals surface area contributed by atoms with Gasteiger partial charge in [0.2, 0.25) is 5.91 Å². The highest BCUT2D eigenvalue weighted by atomic mass is 16.1. The third-order valence-corrected chi connectivity index (χ3v) is 4.04. The molecule has 0 atom stereocenters. The van der Waals surface area contributed by atoms with E-state index in [1.165, 1.54) is 24.0 Å². The normalized spacial score (nSPS) is 13.3. The Hall–Kier alpha value is -2.10. The number of amides is 1. The summed E-state index contributed by atoms with van der Waals surface area (Å²) in [7, 11) is 0. The Morgan fingerprint density at radius 2 is 2.10 bits per heavy atom. The van der Waals surface area contributed by atoms with Gasteiger partial charge < -0.3 is 5.32 Å². The second-order valence-corrected chi connectivity index (χ2v) is 5.50. The van der Waals surface area contributed by atoms with E-state index in [9.17, 15) is 4.79 Å². The van der Waals surface area contributed by atoms with E-state index in [-0.39, 0.29) is 5.91 Å². The molecule has 1 aromatic heterocycles. The number of carbonyl (C=O) groups is 1. The fourth-order valence-electron chi connectivity index (χ4n) is 2.70. The van der Waals surface area contributed by atoms with Crippen LogP contribution in [0.2, 0.25) is 0 Å². The molecule has 0 spiro atoms. The molecule has 2 N–H and O–H groups in total. The van der Waals surface area contributed by atoms with Gasteiger partial charge in [0, 0.05) is 11.3 Å². The van der Waals surface area contributed by atoms with Gasteiger partial charge in [0.25, 0.3) is 0 Å². The minimum Gasteiger partial charge on any atom is -0.309 e. The van der Waals surface area contributed by atoms with E-state index in [1.807, 2.05) is 13.8 Å². The summed E-state index contributed by atoms with van der Waals surface area (Å²) in [5.41, 5.74) is 5.90. The summed E-state index contributed by atoms with van der Waals surface area (Å²) in [5, 5.41) is 9.84. The van der Waals surface area contributed by atoms with Crippen LogP contribution in [0.3, 0.4) is 0 Å². The van der Waals surface area contributed by atoms with Crippen molar-refractivity contribution < 1.29 is 4.79 Å². The van der Waals surface area contributed by atoms with E-state index >= 15 is 0 Å². The Balaban J connectivity index is 1.68. The largest absolute Gasteiger partial charge is 0.309 e. The number of fused-ring (bicyclic) bond motifs is 1. The summed E-state index contributed by atoms with van der Waals surface area (Å²) in [4.78, 5) is 12.1. The number of nitrogens with one attached hydrogen (secondary N) is 2. The van der Waals surface area contributed by atoms with Crippen LogP contribution in [0.1, 0.15) is 34.4 Å². The van der Waals surface area contributed by atoms with Gasteiger partial charge in [0.05, 0.1) is 6.42 Å². The Kier molecular flexibility index (Phi) is 3.30. The molecule has 0 fully saturated rings. The lowest BCUT2D eigenvalue weighted by Gasteiger charge is -2.06. The molecule has 1 aliphatic carbocycles. The lowest BCUT2D eigenvalue weighted by atomic mass is 10.0. The molecule has 0 aliphatic heterocycles. The van der Waals surface area contributed by atoms with Crippen LogP contribution in [0.15, 0.2) is 18.2 Å². The van der Waals surface area contributed by atoms with E-state index in [2.05, 4.69) is 33.7 Å². The smallest absolute Gasteiger partial charge is 0.230 e. The van der Waals surface area contributed by atoms with Crippen LogP contribution in [0, 0.1) is 13.8 Å². The number of aromatic amines is 1. The molecular weight excluding hydrogens is 250 g/mol. The van der Waals surface area contributed by atoms with Crippen molar-refractivity contribution in [3.05, 3.63) is 46.1 Å². The quantitative estimate of drug-likeness (QED) is 0.900. The highest BCUT2D eigenvalue weighted by Crippen LogP contribution is 2.23. The van der Waals surface area contributed by atoms with Crippen molar-refractivity contribution >= 4 is 11.7 Å². The summed E-state index contributed by atoms with van der Waals surface area (Å²) in [5.74, 6) is 0.617. The van der Waals surface area contributed by atoms with Crippen LogP contribution in [-0.4, -0.2) is 16.1 Å². The monoisotopic (exact) mass is 269 g/mol. The molecule has 1 aliphatic rings. The zero-order valence-corrected chi connectivity index (χ0v) is 11.9. The molecule has 4 heteroatoms. The zero-order valence-electron chi connectivity index (χ0n) is 11.9. The summed E-state index contributed by atoms with van der Waals surface area (Å²) >= 11 is 0. The van der Waals surface area contributed by atoms with Crippen LogP contribution >= 0.6 is 0 Å². The van der Waals surface area contributed by atoms with Gasteiger partial charge in [-0.25, -0.2) is 0 Å². The summed E-state index contributed by atoms with van der Waals surface area (Å²) in [6.07, 6.45) is 3.95. The molecule has 0 unspecified atom stereocenters. The molecule has 0 radical (unpaired) electrons. The first-order chi connectivity index (χ1) is 9.63. The number of anilines is 1. The van der Waals surface area contributed by atoms with Gasteiger partial charge >= 0.3 is 0 Å². The summed E-state index contributed by atoms with van der Waals surface area (Å²) < 4.78 is 0. The van der Waals surface area contributed by atoms with Gasteiger partial charge in [-0.2, -0.15) is 5.10 Å². The second-order valence-electron chi connectivity index (χ2n) is 5.50. The number of benzene rings is 1. The van der Waals surface area contributed by atoms with E-state index in [0.29, 0.717) is 12.2 Å². The highest BCUT2D eigenvalue weighted by molar-refractivity contribution is 5.92. The first-order valence-electron chi connectivity index (χ1n) is 7.05. The van der Waals surface area contributed by atoms with Crippen molar-refractivity contribution in [2.75, 3.05) is 5.32 Å². The van der Waals surface area contributed by atoms with E-state index < -0.39 is 0 Å². The van der Waals surface area contributed by atoms with Crippen molar-refractivity contribution in [1.29, 1.82) is 0 Å². The SMILES string of the molecule is Cc1[nH]nc(NC(=O)Cc2ccc3c(c2)CCC3)c1C. The van der Waals surface area contributed by atoms with Crippen molar-refractivity contribution in [2.45, 2.75) is 39.5 Å². The molecule has 1 aromatic carbocycles. The molecule has 1 amide bonds. The van der Waals surface area contributed by atoms with Crippen LogP contribution < -0.4 is 5.32 Å². The predicted molar refractivity (Wildman–Crippen MR) is 78.9 cm³/mol. The first-order valence-corrected chi connectivity index (χ1v) is 7.05. The maximum absolute atomic E-state index is 12.1. The third-order valence-electron chi connectivity index (χ3n) is 4.04. The van der Waals surface area contributed by atoms with E-state index in [0.717, 1.165) is 23.2 Å². The van der Waals surface area contributed by atoms with Crippen LogP contribution in [0.4, 0.5) is 5.82 Å². The molecule has 0 saturated heterocycles. The lowest BCUT2D eigenvalue weighted by molar-refractivity contribution is -0.115. The van der Waals surface area contributed by atoms with Crippen molar-refractivity contribution in [2.24, 2.45) is 0 Å². The molecule has 0 bridgehead atoms. The average molecular weight is 269 g/mol. The van der Waals surface area contributed by atoms with Gasteiger partial charge in [0.1, 0.15) is 0 Å². The van der Waals surface area contributed by atoms with Crippen molar-refractivity contribution in [3.63, 3.8) is 0 Å². The number of H-pyrrole nitrogens is 1. The summed E-state index contributed by atoms with van der Waals surface area (Å²) in [6.45, 7) is 3.89. The maximum atomic E-state index is 12.1. The molecule has 3 rings (SSSR count). The van der Waals surface area contributed by atoms with Gasteiger partial charge in [0.15, 0.2) is 5.82 Å². The molecular formula is C16H19N3O. The topological polar surface area (TPSA) is 57.8 Å². The Labute approximate surface area is 118 Å². The maximum Gasteiger partial charge on any atom is 0.230 e. The number of hydrogen-bond donors (Lipinski definition) is 2. The second kappa shape index (κ2) is 5.12. The summed E-state index contributed by atoms with van der Waals surface area (Å²) in [6, 6.07) is 6.39. The molecule has 20 heavy (non-hydrogen) atoms. The van der Waals surface area contributed by atoms with Crippen LogP contribution in [0.5, 0.6) is 0 Å². The first kappa shape index (κ1) is 12.9. The number of aryl methyl sites for hydroxylation is 3. The Bertz CT molecular complexity index is 658. The Morgan fingerprint density at radius 1 is 1.30 bits per heavy atom. The van der Waals surface area contributed by atoms with E-state index in [1.54, 1.807) is 0 Å². The molecule has 1 heterocycles. The van der Waals surface area contributed by atoms with Crippen molar-refractivity contribution in [3.8, 4) is 0 Å². The van der Waals surface area contributed by atoms with E-state index in [4.69, 9.17) is 0 Å². The molecule has 2 aromatic rings. The number of carbonyl (C=O) groups excluding carboxylic acids is 1. The minimum atomic E-state index is -0.0162. The van der Waals surface area contributed by atoms with Gasteiger partial charge in [-0.05, 0) is 49.8 Å². The standard InChI is InChI=1S/C16H19N3O/c1-10-11(2)18-19-16(10)17-15(20)9-12-6-7-13-4-3-5-14(13)8-12/h6-8H,3-5,9H2,1-2H3,(H2,17,18,19,20). The lowest BCUT2D eigenvalue weighted by Crippen LogP contribution is -2.15. The zero-order chi connectivity index (χ0) is 14.1. The fraction of sp³-hybridized carbons (Fsp3) is 0.375. The minimum absolute atomic E-state index is 0.0162. The van der Waals surface area contributed by atoms with Crippen molar-refractivity contribution in [1.82, 2.24) is 10.2 Å². The van der Waals surface area contributed by atoms with Gasteiger partial charge in [-0.3, -0.25) is 9.89 Å². The van der Waals surface area contributed by atoms with Crippen LogP contribution in [-0.2, 0) is 24.1 Å². The third kappa shape index (κ3) is 2.46.